The first-order chi connectivity index (χ1) is 10.6. The van der Waals surface area contributed by atoms with Gasteiger partial charge in [-0.3, -0.25) is 9.48 Å². The Bertz CT molecular complexity index is 854. The summed E-state index contributed by atoms with van der Waals surface area (Å²) in [4.78, 5) is 12.5. The summed E-state index contributed by atoms with van der Waals surface area (Å²) in [6.07, 6.45) is 3.19. The molecule has 0 aliphatic carbocycles. The molecule has 0 saturated heterocycles. The second-order valence-corrected chi connectivity index (χ2v) is 7.68. The van der Waals surface area contributed by atoms with Crippen LogP contribution in [0.15, 0.2) is 29.4 Å². The third kappa shape index (κ3) is 3.43. The van der Waals surface area contributed by atoms with Crippen molar-refractivity contribution in [1.29, 1.82) is 0 Å². The van der Waals surface area contributed by atoms with E-state index >= 15 is 0 Å². The van der Waals surface area contributed by atoms with Crippen LogP contribution in [0.1, 0.15) is 21.5 Å². The Kier molecular flexibility index (Phi) is 4.58. The molecule has 0 aliphatic heterocycles. The number of carbonyl (C=O) groups is 1. The minimum Gasteiger partial charge on any atom is -0.319 e. The quantitative estimate of drug-likeness (QED) is 0.918. The zero-order chi connectivity index (χ0) is 17.4. The standard InChI is InChI=1S/C15H20N4O3S/c1-10-6-12(15(20)17-13-8-16-19(5)9-13)7-14(11(10)2)23(21,22)18(3)4/h6-9H,1-5H3,(H,17,20). The fourth-order valence-corrected chi connectivity index (χ4v) is 3.33. The lowest BCUT2D eigenvalue weighted by Gasteiger charge is -2.16. The molecule has 0 atom stereocenters. The maximum absolute atomic E-state index is 12.4. The van der Waals surface area contributed by atoms with Gasteiger partial charge in [-0.1, -0.05) is 0 Å². The average Bonchev–Trinajstić information content (AvgIpc) is 2.86. The minimum atomic E-state index is -3.62. The molecule has 23 heavy (non-hydrogen) atoms. The van der Waals surface area contributed by atoms with Crippen molar-refractivity contribution in [2.75, 3.05) is 19.4 Å². The summed E-state index contributed by atoms with van der Waals surface area (Å²) in [6.45, 7) is 3.51. The van der Waals surface area contributed by atoms with Crippen molar-refractivity contribution in [3.63, 3.8) is 0 Å². The molecule has 8 heteroatoms. The van der Waals surface area contributed by atoms with Gasteiger partial charge in [-0.15, -0.1) is 0 Å². The number of nitrogens with one attached hydrogen (secondary N) is 1. The van der Waals surface area contributed by atoms with Gasteiger partial charge < -0.3 is 5.32 Å². The molecule has 0 fully saturated rings. The molecule has 1 heterocycles. The van der Waals surface area contributed by atoms with Gasteiger partial charge in [0.25, 0.3) is 5.91 Å². The first-order valence-electron chi connectivity index (χ1n) is 6.96. The first kappa shape index (κ1) is 17.2. The number of aryl methyl sites for hydroxylation is 2. The van der Waals surface area contributed by atoms with Crippen LogP contribution in [0.25, 0.3) is 0 Å². The number of hydrogen-bond donors (Lipinski definition) is 1. The Morgan fingerprint density at radius 3 is 2.43 bits per heavy atom. The Labute approximate surface area is 136 Å². The minimum absolute atomic E-state index is 0.138. The average molecular weight is 336 g/mol. The smallest absolute Gasteiger partial charge is 0.255 e. The van der Waals surface area contributed by atoms with Gasteiger partial charge in [-0.05, 0) is 37.1 Å². The van der Waals surface area contributed by atoms with Crippen LogP contribution in [0.4, 0.5) is 5.69 Å². The van der Waals surface area contributed by atoms with Crippen LogP contribution in [0, 0.1) is 13.8 Å². The van der Waals surface area contributed by atoms with Crippen molar-refractivity contribution in [3.05, 3.63) is 41.2 Å². The number of sulfonamides is 1. The molecule has 1 N–H and O–H groups in total. The molecule has 1 amide bonds. The Balaban J connectivity index is 2.44. The van der Waals surface area contributed by atoms with E-state index < -0.39 is 10.0 Å². The highest BCUT2D eigenvalue weighted by molar-refractivity contribution is 7.89. The molecule has 7 nitrogen and oxygen atoms in total. The van der Waals surface area contributed by atoms with Gasteiger partial charge in [0, 0.05) is 32.9 Å². The molecule has 124 valence electrons. The topological polar surface area (TPSA) is 84.3 Å². The van der Waals surface area contributed by atoms with E-state index in [-0.39, 0.29) is 16.4 Å². The largest absolute Gasteiger partial charge is 0.319 e. The number of anilines is 1. The number of nitrogens with zero attached hydrogens (tertiary/aromatic N) is 3. The zero-order valence-electron chi connectivity index (χ0n) is 13.8. The van der Waals surface area contributed by atoms with Gasteiger partial charge in [0.15, 0.2) is 0 Å². The van der Waals surface area contributed by atoms with Crippen LogP contribution in [0.2, 0.25) is 0 Å². The molecular weight excluding hydrogens is 316 g/mol. The highest BCUT2D eigenvalue weighted by atomic mass is 32.2. The van der Waals surface area contributed by atoms with Crippen molar-refractivity contribution >= 4 is 21.6 Å². The maximum Gasteiger partial charge on any atom is 0.255 e. The molecule has 0 aliphatic rings. The van der Waals surface area contributed by atoms with Crippen LogP contribution < -0.4 is 5.32 Å². The van der Waals surface area contributed by atoms with Gasteiger partial charge >= 0.3 is 0 Å². The first-order valence-corrected chi connectivity index (χ1v) is 8.40. The SMILES string of the molecule is Cc1cc(C(=O)Nc2cnn(C)c2)cc(S(=O)(=O)N(C)C)c1C. The van der Waals surface area contributed by atoms with E-state index in [1.54, 1.807) is 37.8 Å². The van der Waals surface area contributed by atoms with E-state index in [0.29, 0.717) is 11.3 Å². The van der Waals surface area contributed by atoms with E-state index in [2.05, 4.69) is 10.4 Å². The number of rotatable bonds is 4. The summed E-state index contributed by atoms with van der Waals surface area (Å²) in [7, 11) is 1.06. The normalized spacial score (nSPS) is 11.7. The molecule has 2 aromatic rings. The molecule has 1 aromatic heterocycles. The highest BCUT2D eigenvalue weighted by Gasteiger charge is 2.23. The van der Waals surface area contributed by atoms with E-state index in [1.165, 1.54) is 26.4 Å². The second-order valence-electron chi connectivity index (χ2n) is 5.56. The van der Waals surface area contributed by atoms with Gasteiger partial charge in [0.05, 0.1) is 16.8 Å². The van der Waals surface area contributed by atoms with Crippen LogP contribution in [-0.4, -0.2) is 42.5 Å². The third-order valence-corrected chi connectivity index (χ3v) is 5.54. The fourth-order valence-electron chi connectivity index (χ4n) is 2.11. The highest BCUT2D eigenvalue weighted by Crippen LogP contribution is 2.23. The lowest BCUT2D eigenvalue weighted by atomic mass is 10.1. The zero-order valence-corrected chi connectivity index (χ0v) is 14.6. The van der Waals surface area contributed by atoms with Crippen molar-refractivity contribution in [2.24, 2.45) is 7.05 Å². The molecular formula is C15H20N4O3S. The van der Waals surface area contributed by atoms with Gasteiger partial charge in [0.2, 0.25) is 10.0 Å². The van der Waals surface area contributed by atoms with Gasteiger partial charge in [-0.2, -0.15) is 5.10 Å². The molecule has 0 bridgehead atoms. The summed E-state index contributed by atoms with van der Waals surface area (Å²) >= 11 is 0. The Hall–Kier alpha value is -2.19. The Morgan fingerprint density at radius 2 is 1.91 bits per heavy atom. The van der Waals surface area contributed by atoms with E-state index in [1.807, 2.05) is 0 Å². The van der Waals surface area contributed by atoms with Crippen molar-refractivity contribution in [3.8, 4) is 0 Å². The number of hydrogen-bond acceptors (Lipinski definition) is 4. The van der Waals surface area contributed by atoms with Crippen LogP contribution in [0.5, 0.6) is 0 Å². The Morgan fingerprint density at radius 1 is 1.26 bits per heavy atom. The molecule has 0 spiro atoms. The summed E-state index contributed by atoms with van der Waals surface area (Å²) in [5.74, 6) is -0.378. The fraction of sp³-hybridized carbons (Fsp3) is 0.333. The van der Waals surface area contributed by atoms with Crippen molar-refractivity contribution in [2.45, 2.75) is 18.7 Å². The van der Waals surface area contributed by atoms with Crippen LogP contribution in [-0.2, 0) is 17.1 Å². The molecule has 1 aromatic carbocycles. The number of aromatic nitrogens is 2. The van der Waals surface area contributed by atoms with Crippen LogP contribution >= 0.6 is 0 Å². The molecule has 2 rings (SSSR count). The van der Waals surface area contributed by atoms with Gasteiger partial charge in [-0.25, -0.2) is 12.7 Å². The van der Waals surface area contributed by atoms with E-state index in [0.717, 1.165) is 9.87 Å². The van der Waals surface area contributed by atoms with Crippen molar-refractivity contribution < 1.29 is 13.2 Å². The van der Waals surface area contributed by atoms with E-state index in [9.17, 15) is 13.2 Å². The lowest BCUT2D eigenvalue weighted by Crippen LogP contribution is -2.24. The number of benzene rings is 1. The van der Waals surface area contributed by atoms with Gasteiger partial charge in [0.1, 0.15) is 0 Å². The number of carbonyl (C=O) groups excluding carboxylic acids is 1. The summed E-state index contributed by atoms with van der Waals surface area (Å²) in [5.41, 5.74) is 2.21. The second kappa shape index (κ2) is 6.13. The molecule has 0 saturated carbocycles. The summed E-state index contributed by atoms with van der Waals surface area (Å²) < 4.78 is 27.5. The van der Waals surface area contributed by atoms with Crippen LogP contribution in [0.3, 0.4) is 0 Å². The predicted molar refractivity (Wildman–Crippen MR) is 88.0 cm³/mol. The van der Waals surface area contributed by atoms with Crippen molar-refractivity contribution in [1.82, 2.24) is 14.1 Å². The summed E-state index contributed by atoms with van der Waals surface area (Å²) in [5, 5.41) is 6.68. The van der Waals surface area contributed by atoms with E-state index in [4.69, 9.17) is 0 Å². The monoisotopic (exact) mass is 336 g/mol. The molecule has 0 radical (unpaired) electrons. The third-order valence-electron chi connectivity index (χ3n) is 3.60. The summed E-state index contributed by atoms with van der Waals surface area (Å²) in [6, 6.07) is 3.08. The maximum atomic E-state index is 12.4. The predicted octanol–water partition coefficient (Wildman–Crippen LogP) is 1.54. The number of amides is 1. The lowest BCUT2D eigenvalue weighted by molar-refractivity contribution is 0.102. The molecule has 0 unspecified atom stereocenters.